The van der Waals surface area contributed by atoms with Crippen molar-refractivity contribution in [2.75, 3.05) is 36.7 Å². The van der Waals surface area contributed by atoms with Crippen molar-refractivity contribution in [3.8, 4) is 6.07 Å². The number of nitrogens with zero attached hydrogens (tertiary/aromatic N) is 6. The Bertz CT molecular complexity index is 423. The van der Waals surface area contributed by atoms with Gasteiger partial charge in [-0.3, -0.25) is 0 Å². The van der Waals surface area contributed by atoms with E-state index in [1.807, 2.05) is 33.0 Å². The van der Waals surface area contributed by atoms with Crippen molar-refractivity contribution in [3.63, 3.8) is 0 Å². The Morgan fingerprint density at radius 2 is 1.82 bits per heavy atom. The van der Waals surface area contributed by atoms with Crippen molar-refractivity contribution >= 4 is 17.8 Å². The van der Waals surface area contributed by atoms with Crippen molar-refractivity contribution in [2.24, 2.45) is 0 Å². The van der Waals surface area contributed by atoms with Gasteiger partial charge >= 0.3 is 0 Å². The monoisotopic (exact) mass is 235 g/mol. The van der Waals surface area contributed by atoms with E-state index in [-0.39, 0.29) is 12.0 Å². The predicted octanol–water partition coefficient (Wildman–Crippen LogP) is 0.258. The van der Waals surface area contributed by atoms with Crippen molar-refractivity contribution in [3.05, 3.63) is 0 Å². The Labute approximate surface area is 101 Å². The normalized spacial score (nSPS) is 11.7. The summed E-state index contributed by atoms with van der Waals surface area (Å²) in [5, 5.41) is 8.67. The molecule has 92 valence electrons. The molecule has 0 aliphatic carbocycles. The Morgan fingerprint density at radius 1 is 1.24 bits per heavy atom. The second-order valence-corrected chi connectivity index (χ2v) is 4.01. The number of anilines is 3. The van der Waals surface area contributed by atoms with E-state index in [2.05, 4.69) is 21.0 Å². The molecule has 0 saturated heterocycles. The molecule has 1 heterocycles. The molecule has 7 nitrogen and oxygen atoms in total. The van der Waals surface area contributed by atoms with E-state index in [0.29, 0.717) is 18.3 Å². The topological polar surface area (TPSA) is 95.0 Å². The first-order valence-corrected chi connectivity index (χ1v) is 5.24. The highest BCUT2D eigenvalue weighted by Crippen LogP contribution is 2.15. The zero-order valence-corrected chi connectivity index (χ0v) is 10.5. The number of aromatic nitrogens is 3. The SMILES string of the molecule is CC(CC#N)N(C)c1nc(N)nc(N(C)C)n1. The highest BCUT2D eigenvalue weighted by Gasteiger charge is 2.15. The molecular weight excluding hydrogens is 218 g/mol. The quantitative estimate of drug-likeness (QED) is 0.799. The molecule has 7 heteroatoms. The van der Waals surface area contributed by atoms with E-state index in [9.17, 15) is 0 Å². The number of nitriles is 1. The van der Waals surface area contributed by atoms with E-state index >= 15 is 0 Å². The number of hydrogen-bond acceptors (Lipinski definition) is 7. The minimum absolute atomic E-state index is 0.0248. The second-order valence-electron chi connectivity index (χ2n) is 4.01. The van der Waals surface area contributed by atoms with E-state index in [4.69, 9.17) is 11.0 Å². The van der Waals surface area contributed by atoms with Crippen LogP contribution in [0.3, 0.4) is 0 Å². The van der Waals surface area contributed by atoms with Gasteiger partial charge in [0.25, 0.3) is 0 Å². The first-order chi connectivity index (χ1) is 7.95. The van der Waals surface area contributed by atoms with Gasteiger partial charge in [0.05, 0.1) is 12.5 Å². The molecule has 0 spiro atoms. The third-order valence-corrected chi connectivity index (χ3v) is 2.39. The van der Waals surface area contributed by atoms with E-state index in [1.54, 1.807) is 4.90 Å². The third kappa shape index (κ3) is 3.17. The number of hydrogen-bond donors (Lipinski definition) is 1. The van der Waals surface area contributed by atoms with Crippen LogP contribution in [0.5, 0.6) is 0 Å². The van der Waals surface area contributed by atoms with Gasteiger partial charge in [0.2, 0.25) is 17.8 Å². The summed E-state index contributed by atoms with van der Waals surface area (Å²) in [6.07, 6.45) is 0.402. The maximum atomic E-state index is 8.67. The summed E-state index contributed by atoms with van der Waals surface area (Å²) in [6, 6.07) is 2.14. The van der Waals surface area contributed by atoms with Crippen LogP contribution < -0.4 is 15.5 Å². The van der Waals surface area contributed by atoms with Gasteiger partial charge in [-0.25, -0.2) is 0 Å². The van der Waals surface area contributed by atoms with E-state index < -0.39 is 0 Å². The lowest BCUT2D eigenvalue weighted by Crippen LogP contribution is -2.31. The third-order valence-electron chi connectivity index (χ3n) is 2.39. The zero-order chi connectivity index (χ0) is 13.0. The summed E-state index contributed by atoms with van der Waals surface area (Å²) in [7, 11) is 5.49. The van der Waals surface area contributed by atoms with Crippen LogP contribution in [-0.4, -0.2) is 42.1 Å². The molecule has 1 aromatic heterocycles. The Balaban J connectivity index is 3.01. The average molecular weight is 235 g/mol. The molecule has 1 aromatic rings. The lowest BCUT2D eigenvalue weighted by atomic mass is 10.2. The van der Waals surface area contributed by atoms with Gasteiger partial charge in [-0.2, -0.15) is 20.2 Å². The molecule has 0 radical (unpaired) electrons. The lowest BCUT2D eigenvalue weighted by Gasteiger charge is -2.23. The average Bonchev–Trinajstić information content (AvgIpc) is 2.27. The summed E-state index contributed by atoms with van der Waals surface area (Å²) >= 11 is 0. The molecule has 0 fully saturated rings. The van der Waals surface area contributed by atoms with Crippen LogP contribution in [0.25, 0.3) is 0 Å². The van der Waals surface area contributed by atoms with Crippen molar-refractivity contribution in [2.45, 2.75) is 19.4 Å². The van der Waals surface area contributed by atoms with Crippen LogP contribution in [0.1, 0.15) is 13.3 Å². The van der Waals surface area contributed by atoms with Crippen molar-refractivity contribution in [1.29, 1.82) is 5.26 Å². The summed E-state index contributed by atoms with van der Waals surface area (Å²) < 4.78 is 0. The van der Waals surface area contributed by atoms with Crippen LogP contribution in [0.15, 0.2) is 0 Å². The molecule has 2 N–H and O–H groups in total. The standard InChI is InChI=1S/C10H17N7/c1-7(5-6-11)17(4)10-14-8(12)13-9(15-10)16(2)3/h7H,5H2,1-4H3,(H2,12,13,14,15). The van der Waals surface area contributed by atoms with Gasteiger partial charge in [0.15, 0.2) is 0 Å². The summed E-state index contributed by atoms with van der Waals surface area (Å²) in [5.41, 5.74) is 5.63. The van der Waals surface area contributed by atoms with Crippen LogP contribution >= 0.6 is 0 Å². The largest absolute Gasteiger partial charge is 0.368 e. The van der Waals surface area contributed by atoms with Crippen LogP contribution in [0, 0.1) is 11.3 Å². The molecule has 0 saturated carbocycles. The fraction of sp³-hybridized carbons (Fsp3) is 0.600. The highest BCUT2D eigenvalue weighted by molar-refractivity contribution is 5.42. The molecule has 1 atom stereocenters. The maximum absolute atomic E-state index is 8.67. The molecule has 0 aromatic carbocycles. The van der Waals surface area contributed by atoms with Crippen LogP contribution in [0.4, 0.5) is 17.8 Å². The Kier molecular flexibility index (Phi) is 4.04. The number of nitrogens with two attached hydrogens (primary N) is 1. The molecule has 17 heavy (non-hydrogen) atoms. The van der Waals surface area contributed by atoms with E-state index in [1.165, 1.54) is 0 Å². The van der Waals surface area contributed by atoms with Crippen molar-refractivity contribution < 1.29 is 0 Å². The first-order valence-electron chi connectivity index (χ1n) is 5.24. The smallest absolute Gasteiger partial charge is 0.231 e. The summed E-state index contributed by atoms with van der Waals surface area (Å²) in [5.74, 6) is 1.15. The fourth-order valence-electron chi connectivity index (χ4n) is 1.19. The van der Waals surface area contributed by atoms with Gasteiger partial charge in [-0.15, -0.1) is 0 Å². The molecule has 0 aliphatic heterocycles. The Hall–Kier alpha value is -2.10. The second kappa shape index (κ2) is 5.30. The van der Waals surface area contributed by atoms with Crippen molar-refractivity contribution in [1.82, 2.24) is 15.0 Å². The molecule has 1 rings (SSSR count). The molecule has 1 unspecified atom stereocenters. The predicted molar refractivity (Wildman–Crippen MR) is 66.7 cm³/mol. The zero-order valence-electron chi connectivity index (χ0n) is 10.5. The highest BCUT2D eigenvalue weighted by atomic mass is 15.3. The summed E-state index contributed by atoms with van der Waals surface area (Å²) in [6.45, 7) is 1.93. The molecule has 0 bridgehead atoms. The van der Waals surface area contributed by atoms with Gasteiger partial charge in [0, 0.05) is 27.2 Å². The van der Waals surface area contributed by atoms with Gasteiger partial charge in [-0.05, 0) is 6.92 Å². The number of rotatable bonds is 4. The maximum Gasteiger partial charge on any atom is 0.231 e. The minimum Gasteiger partial charge on any atom is -0.368 e. The molecule has 0 amide bonds. The molecular formula is C10H17N7. The van der Waals surface area contributed by atoms with Crippen LogP contribution in [-0.2, 0) is 0 Å². The minimum atomic E-state index is 0.0248. The Morgan fingerprint density at radius 3 is 2.35 bits per heavy atom. The van der Waals surface area contributed by atoms with Gasteiger partial charge in [-0.1, -0.05) is 0 Å². The van der Waals surface area contributed by atoms with Crippen LogP contribution in [0.2, 0.25) is 0 Å². The molecule has 0 aliphatic rings. The van der Waals surface area contributed by atoms with Gasteiger partial charge in [0.1, 0.15) is 0 Å². The fourth-order valence-corrected chi connectivity index (χ4v) is 1.19. The van der Waals surface area contributed by atoms with Gasteiger partial charge < -0.3 is 15.5 Å². The number of nitrogen functional groups attached to an aromatic ring is 1. The van der Waals surface area contributed by atoms with E-state index in [0.717, 1.165) is 0 Å². The summed E-state index contributed by atoms with van der Waals surface area (Å²) in [4.78, 5) is 15.9. The first kappa shape index (κ1) is 13.0. The lowest BCUT2D eigenvalue weighted by molar-refractivity contribution is 0.681.